The lowest BCUT2D eigenvalue weighted by Gasteiger charge is -2.19. The Balaban J connectivity index is 1.25. The number of ether oxygens (including phenoxy) is 1. The molecule has 1 heterocycles. The topological polar surface area (TPSA) is 103 Å². The van der Waals surface area contributed by atoms with Gasteiger partial charge in [0.05, 0.1) is 18.6 Å². The maximum atomic E-state index is 13.1. The van der Waals surface area contributed by atoms with Crippen LogP contribution in [0.1, 0.15) is 54.2 Å². The lowest BCUT2D eigenvalue weighted by atomic mass is 9.86. The lowest BCUT2D eigenvalue weighted by molar-refractivity contribution is -0.141. The van der Waals surface area contributed by atoms with Gasteiger partial charge in [0.25, 0.3) is 5.89 Å². The van der Waals surface area contributed by atoms with Gasteiger partial charge in [0.2, 0.25) is 5.82 Å². The van der Waals surface area contributed by atoms with Crippen molar-refractivity contribution < 1.29 is 37.1 Å². The molecule has 242 valence electrons. The zero-order valence-corrected chi connectivity index (χ0v) is 26.3. The number of halogens is 3. The molecular weight excluding hydrogens is 609 g/mol. The molecule has 1 N–H and O–H groups in total. The SMILES string of the molecule is COc1cc(C(F)(F)F)ccc1-c1ccc(-c2nc(-c3ccc(C[C@H](CC(=O)c4ccc(C(C)(C)C)cc4)C(=O)O)cc3)no2)cc1. The van der Waals surface area contributed by atoms with Gasteiger partial charge in [-0.05, 0) is 52.8 Å². The van der Waals surface area contributed by atoms with Gasteiger partial charge < -0.3 is 14.4 Å². The molecule has 47 heavy (non-hydrogen) atoms. The molecule has 0 bridgehead atoms. The van der Waals surface area contributed by atoms with Crippen LogP contribution in [0, 0.1) is 5.92 Å². The van der Waals surface area contributed by atoms with E-state index in [0.717, 1.165) is 23.3 Å². The average Bonchev–Trinajstić information content (AvgIpc) is 3.54. The van der Waals surface area contributed by atoms with Crippen LogP contribution in [0.5, 0.6) is 5.75 Å². The van der Waals surface area contributed by atoms with Gasteiger partial charge >= 0.3 is 12.1 Å². The summed E-state index contributed by atoms with van der Waals surface area (Å²) < 4.78 is 50.0. The smallest absolute Gasteiger partial charge is 0.416 e. The minimum atomic E-state index is -4.48. The van der Waals surface area contributed by atoms with E-state index in [0.29, 0.717) is 33.6 Å². The van der Waals surface area contributed by atoms with Crippen LogP contribution in [0.2, 0.25) is 0 Å². The Morgan fingerprint density at radius 1 is 0.830 bits per heavy atom. The zero-order chi connectivity index (χ0) is 33.9. The van der Waals surface area contributed by atoms with E-state index >= 15 is 0 Å². The van der Waals surface area contributed by atoms with Crippen LogP contribution in [0.3, 0.4) is 0 Å². The van der Waals surface area contributed by atoms with Crippen molar-refractivity contribution in [2.24, 2.45) is 5.92 Å². The number of carboxylic acids is 1. The van der Waals surface area contributed by atoms with E-state index in [9.17, 15) is 27.9 Å². The van der Waals surface area contributed by atoms with Gasteiger partial charge in [-0.3, -0.25) is 9.59 Å². The summed E-state index contributed by atoms with van der Waals surface area (Å²) in [5.74, 6) is -1.49. The van der Waals surface area contributed by atoms with Crippen LogP contribution >= 0.6 is 0 Å². The molecule has 5 aromatic rings. The molecule has 0 radical (unpaired) electrons. The summed E-state index contributed by atoms with van der Waals surface area (Å²) >= 11 is 0. The first-order chi connectivity index (χ1) is 22.2. The van der Waals surface area contributed by atoms with Crippen LogP contribution in [-0.4, -0.2) is 34.1 Å². The summed E-state index contributed by atoms with van der Waals surface area (Å²) in [7, 11) is 1.32. The Kier molecular flexibility index (Phi) is 9.33. The molecule has 1 aromatic heterocycles. The van der Waals surface area contributed by atoms with E-state index in [4.69, 9.17) is 9.26 Å². The molecule has 0 unspecified atom stereocenters. The molecule has 5 rings (SSSR count). The number of rotatable bonds is 10. The molecule has 0 aliphatic heterocycles. The van der Waals surface area contributed by atoms with Crippen LogP contribution in [-0.2, 0) is 22.8 Å². The molecule has 0 saturated heterocycles. The second-order valence-corrected chi connectivity index (χ2v) is 12.3. The predicted molar refractivity (Wildman–Crippen MR) is 171 cm³/mol. The van der Waals surface area contributed by atoms with Crippen molar-refractivity contribution in [1.29, 1.82) is 0 Å². The van der Waals surface area contributed by atoms with Crippen LogP contribution in [0.4, 0.5) is 13.2 Å². The first-order valence-electron chi connectivity index (χ1n) is 14.9. The molecule has 10 heteroatoms. The summed E-state index contributed by atoms with van der Waals surface area (Å²) in [6.45, 7) is 6.25. The molecule has 0 amide bonds. The molecular formula is C37H33F3N2O5. The van der Waals surface area contributed by atoms with Crippen molar-refractivity contribution in [3.05, 3.63) is 113 Å². The van der Waals surface area contributed by atoms with E-state index < -0.39 is 23.6 Å². The Bertz CT molecular complexity index is 1870. The zero-order valence-electron chi connectivity index (χ0n) is 26.3. The number of methoxy groups -OCH3 is 1. The number of hydrogen-bond donors (Lipinski definition) is 1. The fourth-order valence-corrected chi connectivity index (χ4v) is 5.18. The predicted octanol–water partition coefficient (Wildman–Crippen LogP) is 8.91. The molecule has 4 aromatic carbocycles. The van der Waals surface area contributed by atoms with Crippen molar-refractivity contribution >= 4 is 11.8 Å². The second kappa shape index (κ2) is 13.2. The number of hydrogen-bond acceptors (Lipinski definition) is 6. The average molecular weight is 643 g/mol. The van der Waals surface area contributed by atoms with Crippen molar-refractivity contribution in [2.75, 3.05) is 7.11 Å². The van der Waals surface area contributed by atoms with Crippen molar-refractivity contribution in [3.8, 4) is 39.7 Å². The third kappa shape index (κ3) is 7.77. The molecule has 0 aliphatic rings. The number of aromatic nitrogens is 2. The quantitative estimate of drug-likeness (QED) is 0.152. The van der Waals surface area contributed by atoms with Gasteiger partial charge in [-0.25, -0.2) is 0 Å². The normalized spacial score (nSPS) is 12.5. The third-order valence-electron chi connectivity index (χ3n) is 7.95. The fourth-order valence-electron chi connectivity index (χ4n) is 5.18. The number of carboxylic acid groups (broad SMARTS) is 1. The Morgan fingerprint density at radius 2 is 1.43 bits per heavy atom. The minimum absolute atomic E-state index is 0.0535. The van der Waals surface area contributed by atoms with E-state index in [1.807, 2.05) is 12.1 Å². The number of carbonyl (C=O) groups is 2. The third-order valence-corrected chi connectivity index (χ3v) is 7.95. The number of benzene rings is 4. The van der Waals surface area contributed by atoms with E-state index in [2.05, 4.69) is 30.9 Å². The maximum Gasteiger partial charge on any atom is 0.416 e. The Labute approximate surface area is 270 Å². The van der Waals surface area contributed by atoms with E-state index in [-0.39, 0.29) is 35.7 Å². The lowest BCUT2D eigenvalue weighted by Crippen LogP contribution is -2.20. The number of ketones is 1. The molecule has 0 fully saturated rings. The largest absolute Gasteiger partial charge is 0.496 e. The van der Waals surface area contributed by atoms with Crippen molar-refractivity contribution in [3.63, 3.8) is 0 Å². The van der Waals surface area contributed by atoms with Gasteiger partial charge in [0.1, 0.15) is 5.75 Å². The molecule has 0 aliphatic carbocycles. The van der Waals surface area contributed by atoms with E-state index in [1.54, 1.807) is 60.7 Å². The first-order valence-corrected chi connectivity index (χ1v) is 14.9. The summed E-state index contributed by atoms with van der Waals surface area (Å²) in [5, 5.41) is 13.9. The first kappa shape index (κ1) is 33.1. The van der Waals surface area contributed by atoms with Gasteiger partial charge in [-0.1, -0.05) is 92.7 Å². The van der Waals surface area contributed by atoms with Crippen LogP contribution in [0.25, 0.3) is 34.0 Å². The standard InChI is InChI=1S/C37H33F3N2O5/c1-36(2,3)28-15-13-24(14-16-28)31(43)20-27(35(44)45)19-22-5-7-25(8-6-22)33-41-34(47-42-33)26-11-9-23(10-12-26)30-18-17-29(37(38,39)40)21-32(30)46-4/h5-18,21,27H,19-20H2,1-4H3,(H,44,45)/t27-/m1/s1. The molecule has 0 spiro atoms. The van der Waals surface area contributed by atoms with Gasteiger partial charge in [-0.15, -0.1) is 0 Å². The summed E-state index contributed by atoms with van der Waals surface area (Å²) in [4.78, 5) is 29.4. The maximum absolute atomic E-state index is 13.1. The highest BCUT2D eigenvalue weighted by Gasteiger charge is 2.31. The van der Waals surface area contributed by atoms with E-state index in [1.165, 1.54) is 13.2 Å². The van der Waals surface area contributed by atoms with Crippen LogP contribution in [0.15, 0.2) is 95.5 Å². The number of Topliss-reactive ketones (excluding diaryl/α,β-unsaturated/α-hetero) is 1. The highest BCUT2D eigenvalue weighted by Crippen LogP contribution is 2.37. The van der Waals surface area contributed by atoms with Crippen molar-refractivity contribution in [2.45, 2.75) is 45.2 Å². The van der Waals surface area contributed by atoms with Crippen molar-refractivity contribution in [1.82, 2.24) is 10.1 Å². The minimum Gasteiger partial charge on any atom is -0.496 e. The fraction of sp³-hybridized carbons (Fsp3) is 0.243. The van der Waals surface area contributed by atoms with Gasteiger partial charge in [0.15, 0.2) is 5.78 Å². The Morgan fingerprint density at radius 3 is 2.00 bits per heavy atom. The molecule has 0 saturated carbocycles. The van der Waals surface area contributed by atoms with Gasteiger partial charge in [0, 0.05) is 28.7 Å². The monoisotopic (exact) mass is 642 g/mol. The summed E-state index contributed by atoms with van der Waals surface area (Å²) in [6.07, 6.45) is -4.42. The number of alkyl halides is 3. The summed E-state index contributed by atoms with van der Waals surface area (Å²) in [6, 6.07) is 24.6. The molecule has 7 nitrogen and oxygen atoms in total. The Hall–Kier alpha value is -5.25. The molecule has 1 atom stereocenters. The summed E-state index contributed by atoms with van der Waals surface area (Å²) in [5.41, 5.74) is 3.88. The number of nitrogens with zero attached hydrogens (tertiary/aromatic N) is 2. The number of aliphatic carboxylic acids is 1. The van der Waals surface area contributed by atoms with Gasteiger partial charge in [-0.2, -0.15) is 18.2 Å². The second-order valence-electron chi connectivity index (χ2n) is 12.3. The highest BCUT2D eigenvalue weighted by molar-refractivity contribution is 5.98. The highest BCUT2D eigenvalue weighted by atomic mass is 19.4. The number of carbonyl (C=O) groups excluding carboxylic acids is 1. The van der Waals surface area contributed by atoms with Crippen LogP contribution < -0.4 is 4.74 Å².